The quantitative estimate of drug-likeness (QED) is 0.765. The molecule has 1 unspecified atom stereocenters. The van der Waals surface area contributed by atoms with Gasteiger partial charge in [0.25, 0.3) is 0 Å². The van der Waals surface area contributed by atoms with Gasteiger partial charge in [0, 0.05) is 22.0 Å². The first-order chi connectivity index (χ1) is 7.74. The van der Waals surface area contributed by atoms with Gasteiger partial charge in [-0.25, -0.2) is 0 Å². The van der Waals surface area contributed by atoms with Crippen molar-refractivity contribution in [2.24, 2.45) is 0 Å². The molecule has 0 aliphatic carbocycles. The van der Waals surface area contributed by atoms with Crippen molar-refractivity contribution in [1.29, 1.82) is 0 Å². The van der Waals surface area contributed by atoms with Crippen molar-refractivity contribution >= 4 is 37.5 Å². The Bertz CT molecular complexity index is 420. The van der Waals surface area contributed by atoms with Crippen LogP contribution in [0.1, 0.15) is 24.8 Å². The largest absolute Gasteiger partial charge is 0.368 e. The van der Waals surface area contributed by atoms with Gasteiger partial charge in [0.05, 0.1) is 11.9 Å². The number of piperidine rings is 1. The SMILES string of the molecule is Brc1cc(Br)c2c(c1)CN1CCCCC1N2. The molecule has 4 heteroatoms. The Morgan fingerprint density at radius 3 is 3.00 bits per heavy atom. The first-order valence-corrected chi connectivity index (χ1v) is 7.31. The summed E-state index contributed by atoms with van der Waals surface area (Å²) >= 11 is 7.19. The van der Waals surface area contributed by atoms with Gasteiger partial charge in [-0.1, -0.05) is 15.9 Å². The van der Waals surface area contributed by atoms with Crippen molar-refractivity contribution in [1.82, 2.24) is 4.90 Å². The van der Waals surface area contributed by atoms with Gasteiger partial charge in [-0.15, -0.1) is 0 Å². The predicted molar refractivity (Wildman–Crippen MR) is 73.5 cm³/mol. The summed E-state index contributed by atoms with van der Waals surface area (Å²) in [6.07, 6.45) is 4.49. The number of hydrogen-bond donors (Lipinski definition) is 1. The molecule has 1 fully saturated rings. The van der Waals surface area contributed by atoms with Crippen LogP contribution >= 0.6 is 31.9 Å². The second kappa shape index (κ2) is 4.31. The summed E-state index contributed by atoms with van der Waals surface area (Å²) in [4.78, 5) is 2.55. The average molecular weight is 346 g/mol. The normalized spacial score (nSPS) is 24.5. The maximum atomic E-state index is 3.65. The molecule has 3 rings (SSSR count). The van der Waals surface area contributed by atoms with Crippen LogP contribution in [0, 0.1) is 0 Å². The number of halogens is 2. The molecule has 86 valence electrons. The molecular weight excluding hydrogens is 332 g/mol. The lowest BCUT2D eigenvalue weighted by Gasteiger charge is -2.41. The van der Waals surface area contributed by atoms with Gasteiger partial charge in [0.15, 0.2) is 0 Å². The average Bonchev–Trinajstić information content (AvgIpc) is 2.27. The molecule has 0 amide bonds. The smallest absolute Gasteiger partial charge is 0.0796 e. The molecule has 1 N–H and O–H groups in total. The van der Waals surface area contributed by atoms with Crippen LogP contribution in [0.3, 0.4) is 0 Å². The van der Waals surface area contributed by atoms with E-state index in [9.17, 15) is 0 Å². The molecule has 16 heavy (non-hydrogen) atoms. The number of rotatable bonds is 0. The predicted octanol–water partition coefficient (Wildman–Crippen LogP) is 3.95. The van der Waals surface area contributed by atoms with Crippen molar-refractivity contribution in [3.8, 4) is 0 Å². The Morgan fingerprint density at radius 1 is 1.25 bits per heavy atom. The Labute approximate surface area is 113 Å². The third-order valence-electron chi connectivity index (χ3n) is 3.43. The number of nitrogens with one attached hydrogen (secondary N) is 1. The van der Waals surface area contributed by atoms with Crippen LogP contribution < -0.4 is 5.32 Å². The van der Waals surface area contributed by atoms with Crippen molar-refractivity contribution in [2.45, 2.75) is 32.0 Å². The van der Waals surface area contributed by atoms with Gasteiger partial charge in [0.1, 0.15) is 0 Å². The van der Waals surface area contributed by atoms with Gasteiger partial charge >= 0.3 is 0 Å². The molecular formula is C12H14Br2N2. The van der Waals surface area contributed by atoms with E-state index < -0.39 is 0 Å². The molecule has 1 atom stereocenters. The summed E-state index contributed by atoms with van der Waals surface area (Å²) in [5, 5.41) is 3.65. The van der Waals surface area contributed by atoms with E-state index in [4.69, 9.17) is 0 Å². The van der Waals surface area contributed by atoms with E-state index in [-0.39, 0.29) is 0 Å². The lowest BCUT2D eigenvalue weighted by atomic mass is 10.0. The van der Waals surface area contributed by atoms with Crippen LogP contribution in [0.5, 0.6) is 0 Å². The molecule has 2 heterocycles. The van der Waals surface area contributed by atoms with Crippen molar-refractivity contribution in [2.75, 3.05) is 11.9 Å². The molecule has 1 saturated heterocycles. The third-order valence-corrected chi connectivity index (χ3v) is 4.52. The van der Waals surface area contributed by atoms with Crippen molar-refractivity contribution in [3.05, 3.63) is 26.6 Å². The summed E-state index contributed by atoms with van der Waals surface area (Å²) in [6.45, 7) is 2.30. The van der Waals surface area contributed by atoms with Crippen LogP contribution in [0.2, 0.25) is 0 Å². The molecule has 2 aliphatic rings. The Hall–Kier alpha value is -0.0600. The summed E-state index contributed by atoms with van der Waals surface area (Å²) in [5.41, 5.74) is 2.67. The number of hydrogen-bond acceptors (Lipinski definition) is 2. The first kappa shape index (κ1) is 11.1. The van der Waals surface area contributed by atoms with Gasteiger partial charge in [-0.05, 0) is 52.9 Å². The second-order valence-electron chi connectivity index (χ2n) is 4.55. The minimum absolute atomic E-state index is 0.540. The standard InChI is InChI=1S/C12H14Br2N2/c13-9-5-8-7-16-4-2-1-3-11(16)15-12(8)10(14)6-9/h5-6,11,15H,1-4,7H2. The number of anilines is 1. The minimum atomic E-state index is 0.540. The maximum absolute atomic E-state index is 3.65. The topological polar surface area (TPSA) is 15.3 Å². The summed E-state index contributed by atoms with van der Waals surface area (Å²) < 4.78 is 2.32. The third kappa shape index (κ3) is 1.91. The zero-order valence-corrected chi connectivity index (χ0v) is 12.1. The Morgan fingerprint density at radius 2 is 2.12 bits per heavy atom. The molecule has 1 aromatic rings. The summed E-state index contributed by atoms with van der Waals surface area (Å²) in [6, 6.07) is 4.34. The van der Waals surface area contributed by atoms with Gasteiger partial charge in [-0.3, -0.25) is 4.90 Å². The molecule has 1 aromatic carbocycles. The molecule has 2 aliphatic heterocycles. The molecule has 0 bridgehead atoms. The van der Waals surface area contributed by atoms with Crippen molar-refractivity contribution in [3.63, 3.8) is 0 Å². The van der Waals surface area contributed by atoms with E-state index in [0.717, 1.165) is 11.0 Å². The Kier molecular flexibility index (Phi) is 2.98. The lowest BCUT2D eigenvalue weighted by molar-refractivity contribution is 0.151. The van der Waals surface area contributed by atoms with Gasteiger partial charge in [-0.2, -0.15) is 0 Å². The molecule has 0 radical (unpaired) electrons. The highest BCUT2D eigenvalue weighted by atomic mass is 79.9. The highest BCUT2D eigenvalue weighted by Crippen LogP contribution is 2.37. The van der Waals surface area contributed by atoms with Crippen LogP contribution in [-0.2, 0) is 6.54 Å². The summed E-state index contributed by atoms with van der Waals surface area (Å²) in [5.74, 6) is 0. The van der Waals surface area contributed by atoms with E-state index in [1.807, 2.05) is 0 Å². The first-order valence-electron chi connectivity index (χ1n) is 5.72. The molecule has 2 nitrogen and oxygen atoms in total. The van der Waals surface area contributed by atoms with Gasteiger partial charge in [0.2, 0.25) is 0 Å². The van der Waals surface area contributed by atoms with Crippen molar-refractivity contribution < 1.29 is 0 Å². The molecule has 0 aromatic heterocycles. The number of nitrogens with zero attached hydrogens (tertiary/aromatic N) is 1. The van der Waals surface area contributed by atoms with Crippen LogP contribution in [0.15, 0.2) is 21.1 Å². The monoisotopic (exact) mass is 344 g/mol. The lowest BCUT2D eigenvalue weighted by Crippen LogP contribution is -2.46. The fourth-order valence-corrected chi connectivity index (χ4v) is 4.07. The van der Waals surface area contributed by atoms with E-state index in [1.54, 1.807) is 0 Å². The van der Waals surface area contributed by atoms with Crippen LogP contribution in [-0.4, -0.2) is 17.6 Å². The van der Waals surface area contributed by atoms with E-state index in [2.05, 4.69) is 54.2 Å². The van der Waals surface area contributed by atoms with E-state index in [0.29, 0.717) is 6.17 Å². The molecule has 0 spiro atoms. The fraction of sp³-hybridized carbons (Fsp3) is 0.500. The number of fused-ring (bicyclic) bond motifs is 2. The Balaban J connectivity index is 1.98. The highest BCUT2D eigenvalue weighted by Gasteiger charge is 2.28. The highest BCUT2D eigenvalue weighted by molar-refractivity contribution is 9.11. The summed E-state index contributed by atoms with van der Waals surface area (Å²) in [7, 11) is 0. The van der Waals surface area contributed by atoms with Crippen LogP contribution in [0.25, 0.3) is 0 Å². The maximum Gasteiger partial charge on any atom is 0.0796 e. The van der Waals surface area contributed by atoms with E-state index >= 15 is 0 Å². The zero-order chi connectivity index (χ0) is 11.1. The number of benzene rings is 1. The van der Waals surface area contributed by atoms with E-state index in [1.165, 1.54) is 41.5 Å². The fourth-order valence-electron chi connectivity index (χ4n) is 2.64. The van der Waals surface area contributed by atoms with Crippen LogP contribution in [0.4, 0.5) is 5.69 Å². The zero-order valence-electron chi connectivity index (χ0n) is 8.97. The second-order valence-corrected chi connectivity index (χ2v) is 6.32. The van der Waals surface area contributed by atoms with Gasteiger partial charge < -0.3 is 5.32 Å². The molecule has 0 saturated carbocycles. The minimum Gasteiger partial charge on any atom is -0.368 e.